The molecule has 0 aromatic carbocycles. The summed E-state index contributed by atoms with van der Waals surface area (Å²) < 4.78 is 5.45. The highest BCUT2D eigenvalue weighted by Gasteiger charge is 2.23. The Morgan fingerprint density at radius 2 is 2.24 bits per heavy atom. The van der Waals surface area contributed by atoms with Gasteiger partial charge in [-0.05, 0) is 38.9 Å². The molecule has 0 saturated heterocycles. The van der Waals surface area contributed by atoms with Crippen LogP contribution in [0.25, 0.3) is 0 Å². The molecule has 1 fully saturated rings. The van der Waals surface area contributed by atoms with E-state index in [0.29, 0.717) is 17.7 Å². The average Bonchev–Trinajstić information content (AvgIpc) is 2.76. The smallest absolute Gasteiger partial charge is 0.315 e. The predicted molar refractivity (Wildman–Crippen MR) is 85.5 cm³/mol. The summed E-state index contributed by atoms with van der Waals surface area (Å²) in [5, 5.41) is 6.57. The van der Waals surface area contributed by atoms with Crippen LogP contribution in [0.15, 0.2) is 4.42 Å². The Labute approximate surface area is 130 Å². The van der Waals surface area contributed by atoms with Crippen molar-refractivity contribution in [3.8, 4) is 0 Å². The highest BCUT2D eigenvalue weighted by Crippen LogP contribution is 2.28. The third-order valence-electron chi connectivity index (χ3n) is 3.84. The van der Waals surface area contributed by atoms with Gasteiger partial charge in [0.15, 0.2) is 0 Å². The van der Waals surface area contributed by atoms with E-state index in [4.69, 9.17) is 4.42 Å². The number of nitrogens with one attached hydrogen (secondary N) is 2. The third kappa shape index (κ3) is 4.95. The number of hydrogen-bond acceptors (Lipinski definition) is 4. The maximum Gasteiger partial charge on any atom is 0.315 e. The van der Waals surface area contributed by atoms with Crippen LogP contribution in [0.3, 0.4) is 0 Å². The fraction of sp³-hybridized carbons (Fsp3) is 0.733. The van der Waals surface area contributed by atoms with Crippen molar-refractivity contribution in [2.75, 3.05) is 5.75 Å². The Kier molecular flexibility index (Phi) is 5.96. The molecule has 21 heavy (non-hydrogen) atoms. The number of urea groups is 1. The van der Waals surface area contributed by atoms with Crippen molar-refractivity contribution in [2.24, 2.45) is 0 Å². The number of oxazole rings is 1. The van der Waals surface area contributed by atoms with Gasteiger partial charge in [0.25, 0.3) is 0 Å². The molecular formula is C15H25N3O2S. The van der Waals surface area contributed by atoms with Gasteiger partial charge in [-0.3, -0.25) is 0 Å². The maximum absolute atomic E-state index is 11.9. The third-order valence-corrected chi connectivity index (χ3v) is 5.07. The van der Waals surface area contributed by atoms with Gasteiger partial charge in [0.05, 0.1) is 12.2 Å². The van der Waals surface area contributed by atoms with Crippen molar-refractivity contribution < 1.29 is 9.21 Å². The molecule has 1 aromatic rings. The van der Waals surface area contributed by atoms with Crippen LogP contribution < -0.4 is 10.6 Å². The second-order valence-corrected chi connectivity index (χ2v) is 7.09. The Morgan fingerprint density at radius 3 is 2.90 bits per heavy atom. The summed E-state index contributed by atoms with van der Waals surface area (Å²) in [7, 11) is 0. The van der Waals surface area contributed by atoms with Crippen LogP contribution in [0, 0.1) is 13.8 Å². The van der Waals surface area contributed by atoms with Crippen LogP contribution in [0.1, 0.15) is 50.0 Å². The molecule has 0 aliphatic heterocycles. The SMILES string of the molecule is CCSC1CCCC(NC(=O)NCc2nc(C)c(C)o2)C1. The molecule has 1 aliphatic rings. The lowest BCUT2D eigenvalue weighted by Crippen LogP contribution is -2.44. The summed E-state index contributed by atoms with van der Waals surface area (Å²) in [4.78, 5) is 16.2. The minimum Gasteiger partial charge on any atom is -0.444 e. The zero-order valence-corrected chi connectivity index (χ0v) is 13.9. The van der Waals surface area contributed by atoms with Crippen LogP contribution in [0.2, 0.25) is 0 Å². The molecule has 1 heterocycles. The summed E-state index contributed by atoms with van der Waals surface area (Å²) >= 11 is 2.00. The number of hydrogen-bond donors (Lipinski definition) is 2. The van der Waals surface area contributed by atoms with E-state index in [0.717, 1.165) is 30.0 Å². The van der Waals surface area contributed by atoms with Crippen molar-refractivity contribution in [2.45, 2.75) is 64.3 Å². The molecule has 1 aromatic heterocycles. The molecule has 2 amide bonds. The molecule has 6 heteroatoms. The molecule has 1 aliphatic carbocycles. The summed E-state index contributed by atoms with van der Waals surface area (Å²) in [6.45, 7) is 6.30. The minimum atomic E-state index is -0.129. The molecule has 1 saturated carbocycles. The van der Waals surface area contributed by atoms with E-state index < -0.39 is 0 Å². The van der Waals surface area contributed by atoms with Gasteiger partial charge >= 0.3 is 6.03 Å². The largest absolute Gasteiger partial charge is 0.444 e. The molecule has 0 bridgehead atoms. The van der Waals surface area contributed by atoms with Gasteiger partial charge in [-0.25, -0.2) is 9.78 Å². The number of aromatic nitrogens is 1. The number of aryl methyl sites for hydroxylation is 2. The summed E-state index contributed by atoms with van der Waals surface area (Å²) in [5.41, 5.74) is 0.874. The second kappa shape index (κ2) is 7.73. The normalized spacial score (nSPS) is 22.0. The first-order valence-corrected chi connectivity index (χ1v) is 8.72. The van der Waals surface area contributed by atoms with Crippen molar-refractivity contribution in [1.82, 2.24) is 15.6 Å². The second-order valence-electron chi connectivity index (χ2n) is 5.52. The average molecular weight is 311 g/mol. The van der Waals surface area contributed by atoms with E-state index in [1.165, 1.54) is 12.8 Å². The Morgan fingerprint density at radius 1 is 1.43 bits per heavy atom. The number of amides is 2. The maximum atomic E-state index is 11.9. The van der Waals surface area contributed by atoms with Gasteiger partial charge in [0.1, 0.15) is 5.76 Å². The molecular weight excluding hydrogens is 286 g/mol. The van der Waals surface area contributed by atoms with E-state index in [1.807, 2.05) is 25.6 Å². The van der Waals surface area contributed by atoms with Gasteiger partial charge in [0.2, 0.25) is 5.89 Å². The van der Waals surface area contributed by atoms with E-state index in [1.54, 1.807) is 0 Å². The Balaban J connectivity index is 1.73. The molecule has 5 nitrogen and oxygen atoms in total. The summed E-state index contributed by atoms with van der Waals surface area (Å²) in [5.74, 6) is 2.51. The van der Waals surface area contributed by atoms with Crippen LogP contribution in [-0.2, 0) is 6.54 Å². The zero-order valence-electron chi connectivity index (χ0n) is 13.1. The summed E-state index contributed by atoms with van der Waals surface area (Å²) in [6, 6.07) is 0.159. The van der Waals surface area contributed by atoms with E-state index in [9.17, 15) is 4.79 Å². The fourth-order valence-corrected chi connectivity index (χ4v) is 3.84. The standard InChI is InChI=1S/C15H25N3O2S/c1-4-21-13-7-5-6-12(8-13)18-15(19)16-9-14-17-10(2)11(3)20-14/h12-13H,4-9H2,1-3H3,(H2,16,18,19). The first kappa shape index (κ1) is 16.2. The molecule has 2 unspecified atom stereocenters. The highest BCUT2D eigenvalue weighted by molar-refractivity contribution is 7.99. The minimum absolute atomic E-state index is 0.129. The monoisotopic (exact) mass is 311 g/mol. The van der Waals surface area contributed by atoms with Gasteiger partial charge in [-0.2, -0.15) is 11.8 Å². The highest BCUT2D eigenvalue weighted by atomic mass is 32.2. The molecule has 2 N–H and O–H groups in total. The Hall–Kier alpha value is -1.17. The quantitative estimate of drug-likeness (QED) is 0.876. The van der Waals surface area contributed by atoms with Gasteiger partial charge in [-0.1, -0.05) is 13.3 Å². The molecule has 2 atom stereocenters. The number of rotatable bonds is 5. The van der Waals surface area contributed by atoms with Gasteiger partial charge in [0, 0.05) is 11.3 Å². The topological polar surface area (TPSA) is 67.2 Å². The molecule has 118 valence electrons. The molecule has 0 radical (unpaired) electrons. The van der Waals surface area contributed by atoms with Crippen LogP contribution in [-0.4, -0.2) is 28.1 Å². The van der Waals surface area contributed by atoms with Crippen LogP contribution in [0.5, 0.6) is 0 Å². The number of nitrogens with zero attached hydrogens (tertiary/aromatic N) is 1. The lowest BCUT2D eigenvalue weighted by molar-refractivity contribution is 0.231. The van der Waals surface area contributed by atoms with Gasteiger partial charge in [-0.15, -0.1) is 0 Å². The van der Waals surface area contributed by atoms with Gasteiger partial charge < -0.3 is 15.1 Å². The first-order chi connectivity index (χ1) is 10.1. The first-order valence-electron chi connectivity index (χ1n) is 7.67. The van der Waals surface area contributed by atoms with E-state index in [-0.39, 0.29) is 12.1 Å². The lowest BCUT2D eigenvalue weighted by Gasteiger charge is -2.29. The fourth-order valence-electron chi connectivity index (χ4n) is 2.67. The van der Waals surface area contributed by atoms with Crippen molar-refractivity contribution >= 4 is 17.8 Å². The lowest BCUT2D eigenvalue weighted by atomic mass is 9.95. The molecule has 2 rings (SSSR count). The van der Waals surface area contributed by atoms with Crippen LogP contribution in [0.4, 0.5) is 4.79 Å². The van der Waals surface area contributed by atoms with E-state index in [2.05, 4.69) is 22.5 Å². The summed E-state index contributed by atoms with van der Waals surface area (Å²) in [6.07, 6.45) is 4.61. The van der Waals surface area contributed by atoms with E-state index >= 15 is 0 Å². The number of carbonyl (C=O) groups excluding carboxylic acids is 1. The molecule has 0 spiro atoms. The predicted octanol–water partition coefficient (Wildman–Crippen LogP) is 3.15. The Bertz CT molecular complexity index is 454. The van der Waals surface area contributed by atoms with Crippen molar-refractivity contribution in [1.29, 1.82) is 0 Å². The van der Waals surface area contributed by atoms with Crippen molar-refractivity contribution in [3.63, 3.8) is 0 Å². The van der Waals surface area contributed by atoms with Crippen molar-refractivity contribution in [3.05, 3.63) is 17.3 Å². The zero-order chi connectivity index (χ0) is 15.2. The number of thioether (sulfide) groups is 1. The number of carbonyl (C=O) groups is 1. The van der Waals surface area contributed by atoms with Crippen LogP contribution >= 0.6 is 11.8 Å².